The van der Waals surface area contributed by atoms with Crippen LogP contribution in [0.15, 0.2) is 0 Å². The monoisotopic (exact) mass is 254 g/mol. The Balaban J connectivity index is 2.63. The summed E-state index contributed by atoms with van der Waals surface area (Å²) in [6.07, 6.45) is 6.57. The largest absolute Gasteiger partial charge is 0.311 e. The highest BCUT2D eigenvalue weighted by Crippen LogP contribution is 2.22. The molecule has 0 amide bonds. The summed E-state index contributed by atoms with van der Waals surface area (Å²) >= 11 is 0. The van der Waals surface area contributed by atoms with Gasteiger partial charge in [0.2, 0.25) is 0 Å². The third-order valence-corrected chi connectivity index (χ3v) is 4.72. The molecule has 1 saturated heterocycles. The standard InChI is InChI=1S/C16H34N2/c1-6-9-14(5)18-12-16(13(4)8-3)17-11-15(18)10-7-2/h13-17H,6-12H2,1-5H3. The van der Waals surface area contributed by atoms with E-state index in [0.717, 1.165) is 18.0 Å². The second-order valence-electron chi connectivity index (χ2n) is 6.18. The maximum Gasteiger partial charge on any atom is 0.0224 e. The Morgan fingerprint density at radius 3 is 2.44 bits per heavy atom. The first-order valence-electron chi connectivity index (χ1n) is 8.13. The normalized spacial score (nSPS) is 29.2. The van der Waals surface area contributed by atoms with E-state index in [2.05, 4.69) is 44.8 Å². The molecule has 1 N–H and O–H groups in total. The van der Waals surface area contributed by atoms with Crippen molar-refractivity contribution in [1.82, 2.24) is 10.2 Å². The summed E-state index contributed by atoms with van der Waals surface area (Å²) in [6.45, 7) is 14.2. The van der Waals surface area contributed by atoms with E-state index in [0.29, 0.717) is 6.04 Å². The first kappa shape index (κ1) is 16.0. The summed E-state index contributed by atoms with van der Waals surface area (Å²) in [6, 6.07) is 2.21. The molecule has 1 aliphatic rings. The van der Waals surface area contributed by atoms with Crippen molar-refractivity contribution in [3.63, 3.8) is 0 Å². The van der Waals surface area contributed by atoms with Crippen molar-refractivity contribution >= 4 is 0 Å². The number of hydrogen-bond donors (Lipinski definition) is 1. The van der Waals surface area contributed by atoms with E-state index in [1.807, 2.05) is 0 Å². The van der Waals surface area contributed by atoms with E-state index in [4.69, 9.17) is 0 Å². The van der Waals surface area contributed by atoms with Crippen LogP contribution in [0.4, 0.5) is 0 Å². The quantitative estimate of drug-likeness (QED) is 0.746. The highest BCUT2D eigenvalue weighted by atomic mass is 15.3. The van der Waals surface area contributed by atoms with Crippen LogP contribution in [-0.4, -0.2) is 36.1 Å². The molecule has 0 spiro atoms. The smallest absolute Gasteiger partial charge is 0.0224 e. The van der Waals surface area contributed by atoms with Crippen LogP contribution in [0.3, 0.4) is 0 Å². The molecule has 4 unspecified atom stereocenters. The van der Waals surface area contributed by atoms with Gasteiger partial charge in [-0.25, -0.2) is 0 Å². The van der Waals surface area contributed by atoms with Crippen molar-refractivity contribution in [2.45, 2.75) is 84.8 Å². The van der Waals surface area contributed by atoms with Gasteiger partial charge in [-0.15, -0.1) is 0 Å². The SMILES string of the molecule is CCCC(C)N1CC(C(C)CC)NCC1CCC. The summed E-state index contributed by atoms with van der Waals surface area (Å²) in [5, 5.41) is 3.79. The average Bonchev–Trinajstić information content (AvgIpc) is 2.39. The van der Waals surface area contributed by atoms with E-state index in [1.165, 1.54) is 45.2 Å². The van der Waals surface area contributed by atoms with Crippen LogP contribution in [0.1, 0.15) is 66.7 Å². The van der Waals surface area contributed by atoms with Gasteiger partial charge in [-0.05, 0) is 25.7 Å². The number of rotatable bonds is 7. The Morgan fingerprint density at radius 2 is 1.89 bits per heavy atom. The molecule has 1 fully saturated rings. The van der Waals surface area contributed by atoms with Crippen molar-refractivity contribution in [2.24, 2.45) is 5.92 Å². The minimum absolute atomic E-state index is 0.697. The first-order chi connectivity index (χ1) is 8.63. The van der Waals surface area contributed by atoms with Gasteiger partial charge in [-0.3, -0.25) is 4.90 Å². The first-order valence-corrected chi connectivity index (χ1v) is 8.13. The van der Waals surface area contributed by atoms with Crippen molar-refractivity contribution in [3.8, 4) is 0 Å². The minimum atomic E-state index is 0.697. The van der Waals surface area contributed by atoms with Gasteiger partial charge >= 0.3 is 0 Å². The van der Waals surface area contributed by atoms with Gasteiger partial charge in [-0.2, -0.15) is 0 Å². The van der Waals surface area contributed by atoms with Crippen LogP contribution in [0, 0.1) is 5.92 Å². The summed E-state index contributed by atoms with van der Waals surface area (Å²) in [5.74, 6) is 0.795. The van der Waals surface area contributed by atoms with Gasteiger partial charge in [0.15, 0.2) is 0 Å². The number of nitrogens with zero attached hydrogens (tertiary/aromatic N) is 1. The molecular weight excluding hydrogens is 220 g/mol. The van der Waals surface area contributed by atoms with Gasteiger partial charge < -0.3 is 5.32 Å². The van der Waals surface area contributed by atoms with Crippen molar-refractivity contribution in [1.29, 1.82) is 0 Å². The zero-order valence-electron chi connectivity index (χ0n) is 13.2. The van der Waals surface area contributed by atoms with Gasteiger partial charge in [0.05, 0.1) is 0 Å². The maximum atomic E-state index is 3.79. The molecule has 1 aliphatic heterocycles. The molecule has 0 aliphatic carbocycles. The van der Waals surface area contributed by atoms with Crippen LogP contribution in [-0.2, 0) is 0 Å². The molecular formula is C16H34N2. The lowest BCUT2D eigenvalue weighted by molar-refractivity contribution is 0.0643. The Bertz CT molecular complexity index is 217. The minimum Gasteiger partial charge on any atom is -0.311 e. The molecule has 0 bridgehead atoms. The second kappa shape index (κ2) is 8.16. The fourth-order valence-electron chi connectivity index (χ4n) is 3.24. The van der Waals surface area contributed by atoms with Gasteiger partial charge in [0.1, 0.15) is 0 Å². The fourth-order valence-corrected chi connectivity index (χ4v) is 3.24. The number of nitrogens with one attached hydrogen (secondary N) is 1. The lowest BCUT2D eigenvalue weighted by Gasteiger charge is -2.45. The van der Waals surface area contributed by atoms with Crippen LogP contribution in [0.25, 0.3) is 0 Å². The van der Waals surface area contributed by atoms with E-state index in [1.54, 1.807) is 0 Å². The van der Waals surface area contributed by atoms with Crippen LogP contribution in [0.2, 0.25) is 0 Å². The van der Waals surface area contributed by atoms with E-state index < -0.39 is 0 Å². The highest BCUT2D eigenvalue weighted by Gasteiger charge is 2.31. The molecule has 0 radical (unpaired) electrons. The predicted octanol–water partition coefficient (Wildman–Crippen LogP) is 3.66. The molecule has 0 aromatic heterocycles. The Hall–Kier alpha value is -0.0800. The zero-order valence-corrected chi connectivity index (χ0v) is 13.2. The lowest BCUT2D eigenvalue weighted by atomic mass is 9.93. The van der Waals surface area contributed by atoms with E-state index >= 15 is 0 Å². The summed E-state index contributed by atoms with van der Waals surface area (Å²) in [5.41, 5.74) is 0. The van der Waals surface area contributed by atoms with Gasteiger partial charge in [-0.1, -0.05) is 47.0 Å². The molecule has 0 aromatic rings. The molecule has 1 heterocycles. The number of hydrogen-bond acceptors (Lipinski definition) is 2. The molecule has 4 atom stereocenters. The topological polar surface area (TPSA) is 15.3 Å². The predicted molar refractivity (Wildman–Crippen MR) is 81.0 cm³/mol. The molecule has 2 heteroatoms. The molecule has 2 nitrogen and oxygen atoms in total. The summed E-state index contributed by atoms with van der Waals surface area (Å²) in [4.78, 5) is 2.79. The Labute approximate surface area is 115 Å². The lowest BCUT2D eigenvalue weighted by Crippen LogP contribution is -2.60. The Morgan fingerprint density at radius 1 is 1.17 bits per heavy atom. The third-order valence-electron chi connectivity index (χ3n) is 4.72. The maximum absolute atomic E-state index is 3.79. The van der Waals surface area contributed by atoms with Gasteiger partial charge in [0.25, 0.3) is 0 Å². The highest BCUT2D eigenvalue weighted by molar-refractivity contribution is 4.90. The molecule has 0 aromatic carbocycles. The van der Waals surface area contributed by atoms with Crippen molar-refractivity contribution in [2.75, 3.05) is 13.1 Å². The number of piperazine rings is 1. The summed E-state index contributed by atoms with van der Waals surface area (Å²) < 4.78 is 0. The molecule has 108 valence electrons. The molecule has 1 rings (SSSR count). The van der Waals surface area contributed by atoms with Crippen LogP contribution >= 0.6 is 0 Å². The Kier molecular flexibility index (Phi) is 7.25. The van der Waals surface area contributed by atoms with Crippen LogP contribution < -0.4 is 5.32 Å². The van der Waals surface area contributed by atoms with E-state index in [9.17, 15) is 0 Å². The van der Waals surface area contributed by atoms with Crippen molar-refractivity contribution < 1.29 is 0 Å². The summed E-state index contributed by atoms with van der Waals surface area (Å²) in [7, 11) is 0. The fraction of sp³-hybridized carbons (Fsp3) is 1.00. The molecule has 18 heavy (non-hydrogen) atoms. The van der Waals surface area contributed by atoms with Crippen LogP contribution in [0.5, 0.6) is 0 Å². The second-order valence-corrected chi connectivity index (χ2v) is 6.18. The average molecular weight is 254 g/mol. The zero-order chi connectivity index (χ0) is 13.5. The third kappa shape index (κ3) is 4.24. The molecule has 0 saturated carbocycles. The van der Waals surface area contributed by atoms with Crippen molar-refractivity contribution in [3.05, 3.63) is 0 Å². The van der Waals surface area contributed by atoms with Gasteiger partial charge in [0, 0.05) is 31.2 Å². The van der Waals surface area contributed by atoms with E-state index in [-0.39, 0.29) is 0 Å².